The van der Waals surface area contributed by atoms with Crippen LogP contribution in [0.2, 0.25) is 0 Å². The molecule has 15 heavy (non-hydrogen) atoms. The molecule has 1 aliphatic carbocycles. The van der Waals surface area contributed by atoms with Crippen molar-refractivity contribution in [2.45, 2.75) is 46.2 Å². The summed E-state index contributed by atoms with van der Waals surface area (Å²) in [6.45, 7) is 6.70. The van der Waals surface area contributed by atoms with Gasteiger partial charge in [-0.2, -0.15) is 0 Å². The maximum absolute atomic E-state index is 13.8. The Morgan fingerprint density at radius 3 is 2.67 bits per heavy atom. The van der Waals surface area contributed by atoms with Crippen molar-refractivity contribution in [1.29, 1.82) is 0 Å². The minimum Gasteiger partial charge on any atom is -0.384 e. The van der Waals surface area contributed by atoms with Crippen LogP contribution in [0.5, 0.6) is 0 Å². The number of allylic oxidation sites excluding steroid dienone is 1. The predicted octanol–water partition coefficient (Wildman–Crippen LogP) is 3.74. The van der Waals surface area contributed by atoms with E-state index in [4.69, 9.17) is 4.74 Å². The van der Waals surface area contributed by atoms with E-state index >= 15 is 0 Å². The number of methoxy groups -OCH3 is 1. The number of alkyl halides is 1. The molecule has 0 N–H and O–H groups in total. The minimum atomic E-state index is -0.720. The van der Waals surface area contributed by atoms with Crippen LogP contribution in [-0.2, 0) is 4.74 Å². The van der Waals surface area contributed by atoms with E-state index in [9.17, 15) is 4.39 Å². The van der Waals surface area contributed by atoms with Crippen molar-refractivity contribution in [3.05, 3.63) is 11.6 Å². The Hall–Kier alpha value is -0.370. The van der Waals surface area contributed by atoms with Gasteiger partial charge in [-0.1, -0.05) is 25.5 Å². The summed E-state index contributed by atoms with van der Waals surface area (Å²) in [6.07, 6.45) is 4.24. The summed E-state index contributed by atoms with van der Waals surface area (Å²) >= 11 is 0. The summed E-state index contributed by atoms with van der Waals surface area (Å²) in [5, 5.41) is 0. The Morgan fingerprint density at radius 1 is 1.60 bits per heavy atom. The van der Waals surface area contributed by atoms with Gasteiger partial charge < -0.3 is 4.74 Å². The second-order valence-electron chi connectivity index (χ2n) is 4.87. The molecule has 0 fully saturated rings. The van der Waals surface area contributed by atoms with Crippen LogP contribution in [0, 0.1) is 11.3 Å². The topological polar surface area (TPSA) is 9.23 Å². The predicted molar refractivity (Wildman–Crippen MR) is 61.7 cm³/mol. The quantitative estimate of drug-likeness (QED) is 0.633. The van der Waals surface area contributed by atoms with Crippen molar-refractivity contribution in [3.8, 4) is 0 Å². The minimum absolute atomic E-state index is 0.0555. The van der Waals surface area contributed by atoms with E-state index in [1.165, 1.54) is 5.57 Å². The lowest BCUT2D eigenvalue weighted by Gasteiger charge is -2.35. The molecule has 1 rings (SSSR count). The van der Waals surface area contributed by atoms with Gasteiger partial charge in [0.1, 0.15) is 6.17 Å². The van der Waals surface area contributed by atoms with Gasteiger partial charge in [0.2, 0.25) is 0 Å². The number of hydrogen-bond acceptors (Lipinski definition) is 1. The van der Waals surface area contributed by atoms with Gasteiger partial charge in [-0.15, -0.1) is 0 Å². The third-order valence-corrected chi connectivity index (χ3v) is 3.77. The second-order valence-corrected chi connectivity index (χ2v) is 4.87. The lowest BCUT2D eigenvalue weighted by molar-refractivity contribution is 0.0363. The van der Waals surface area contributed by atoms with E-state index in [0.29, 0.717) is 13.0 Å². The molecule has 88 valence electrons. The van der Waals surface area contributed by atoms with Gasteiger partial charge in [-0.25, -0.2) is 4.39 Å². The van der Waals surface area contributed by atoms with Crippen LogP contribution in [0.4, 0.5) is 4.39 Å². The van der Waals surface area contributed by atoms with Gasteiger partial charge in [0.15, 0.2) is 0 Å². The fraction of sp³-hybridized carbons (Fsp3) is 0.846. The van der Waals surface area contributed by atoms with Crippen LogP contribution >= 0.6 is 0 Å². The fourth-order valence-corrected chi connectivity index (χ4v) is 2.65. The molecule has 0 amide bonds. The Balaban J connectivity index is 2.82. The molecule has 1 aliphatic rings. The van der Waals surface area contributed by atoms with Crippen molar-refractivity contribution in [2.24, 2.45) is 11.3 Å². The van der Waals surface area contributed by atoms with Crippen molar-refractivity contribution < 1.29 is 9.13 Å². The zero-order valence-electron chi connectivity index (χ0n) is 10.3. The molecule has 0 radical (unpaired) electrons. The van der Waals surface area contributed by atoms with Crippen LogP contribution < -0.4 is 0 Å². The van der Waals surface area contributed by atoms with E-state index in [1.807, 2.05) is 13.8 Å². The van der Waals surface area contributed by atoms with E-state index in [0.717, 1.165) is 12.8 Å². The summed E-state index contributed by atoms with van der Waals surface area (Å²) in [5.74, 6) is 0.0555. The molecule has 0 saturated heterocycles. The van der Waals surface area contributed by atoms with E-state index < -0.39 is 6.17 Å². The fourth-order valence-electron chi connectivity index (χ4n) is 2.65. The lowest BCUT2D eigenvalue weighted by atomic mass is 9.73. The highest BCUT2D eigenvalue weighted by Crippen LogP contribution is 2.44. The molecule has 0 bridgehead atoms. The molecule has 0 aromatic heterocycles. The van der Waals surface area contributed by atoms with Gasteiger partial charge in [0.25, 0.3) is 0 Å². The number of rotatable bonds is 5. The Bertz CT molecular complexity index is 237. The first-order valence-corrected chi connectivity index (χ1v) is 5.87. The van der Waals surface area contributed by atoms with Gasteiger partial charge in [0, 0.05) is 12.5 Å². The van der Waals surface area contributed by atoms with E-state index in [-0.39, 0.29) is 11.3 Å². The Kier molecular flexibility index (Phi) is 4.32. The van der Waals surface area contributed by atoms with Crippen molar-refractivity contribution >= 4 is 0 Å². The smallest absolute Gasteiger partial charge is 0.103 e. The van der Waals surface area contributed by atoms with Crippen molar-refractivity contribution in [2.75, 3.05) is 13.7 Å². The molecule has 0 saturated carbocycles. The zero-order chi connectivity index (χ0) is 11.5. The van der Waals surface area contributed by atoms with Gasteiger partial charge in [-0.3, -0.25) is 0 Å². The monoisotopic (exact) mass is 214 g/mol. The third-order valence-electron chi connectivity index (χ3n) is 3.77. The highest BCUT2D eigenvalue weighted by atomic mass is 19.1. The summed E-state index contributed by atoms with van der Waals surface area (Å²) < 4.78 is 19.1. The molecule has 0 aromatic rings. The second kappa shape index (κ2) is 5.11. The number of halogens is 1. The van der Waals surface area contributed by atoms with Crippen LogP contribution in [0.1, 0.15) is 40.0 Å². The van der Waals surface area contributed by atoms with E-state index in [2.05, 4.69) is 13.0 Å². The van der Waals surface area contributed by atoms with Crippen LogP contribution in [0.3, 0.4) is 0 Å². The van der Waals surface area contributed by atoms with Crippen molar-refractivity contribution in [3.63, 3.8) is 0 Å². The van der Waals surface area contributed by atoms with Gasteiger partial charge in [-0.05, 0) is 32.1 Å². The maximum atomic E-state index is 13.8. The molecule has 3 atom stereocenters. The molecule has 1 nitrogen and oxygen atoms in total. The summed E-state index contributed by atoms with van der Waals surface area (Å²) in [4.78, 5) is 0. The van der Waals surface area contributed by atoms with Gasteiger partial charge in [0.05, 0.1) is 6.61 Å². The molecule has 0 heterocycles. The molecule has 0 unspecified atom stereocenters. The maximum Gasteiger partial charge on any atom is 0.103 e. The SMILES string of the molecule is CC[C@@H](F)[C@H](C)[C@]1(COC)C=C(C)CC1. The number of ether oxygens (including phenoxy) is 1. The average molecular weight is 214 g/mol. The Morgan fingerprint density at radius 2 is 2.27 bits per heavy atom. The zero-order valence-corrected chi connectivity index (χ0v) is 10.3. The lowest BCUT2D eigenvalue weighted by Crippen LogP contribution is -2.35. The highest BCUT2D eigenvalue weighted by Gasteiger charge is 2.40. The van der Waals surface area contributed by atoms with Crippen LogP contribution in [0.15, 0.2) is 11.6 Å². The number of hydrogen-bond donors (Lipinski definition) is 0. The van der Waals surface area contributed by atoms with Gasteiger partial charge >= 0.3 is 0 Å². The first kappa shape index (κ1) is 12.7. The summed E-state index contributed by atoms with van der Waals surface area (Å²) in [7, 11) is 1.70. The van der Waals surface area contributed by atoms with E-state index in [1.54, 1.807) is 7.11 Å². The summed E-state index contributed by atoms with van der Waals surface area (Å²) in [6, 6.07) is 0. The first-order chi connectivity index (χ1) is 7.05. The molecular formula is C13H23FO. The first-order valence-electron chi connectivity index (χ1n) is 5.87. The molecule has 0 aromatic carbocycles. The van der Waals surface area contributed by atoms with Crippen LogP contribution in [0.25, 0.3) is 0 Å². The molecule has 0 aliphatic heterocycles. The van der Waals surface area contributed by atoms with Crippen molar-refractivity contribution in [1.82, 2.24) is 0 Å². The molecular weight excluding hydrogens is 191 g/mol. The Labute approximate surface area is 92.7 Å². The van der Waals surface area contributed by atoms with Crippen LogP contribution in [-0.4, -0.2) is 19.9 Å². The largest absolute Gasteiger partial charge is 0.384 e. The summed E-state index contributed by atoms with van der Waals surface area (Å²) in [5.41, 5.74) is 1.32. The average Bonchev–Trinajstić information content (AvgIpc) is 2.59. The molecule has 0 spiro atoms. The molecule has 2 heteroatoms. The standard InChI is InChI=1S/C13H23FO/c1-5-12(14)11(3)13(9-15-4)7-6-10(2)8-13/h8,11-12H,5-7,9H2,1-4H3/t11-,12+,13-/m0/s1. The third kappa shape index (κ3) is 2.60. The highest BCUT2D eigenvalue weighted by molar-refractivity contribution is 5.17. The normalized spacial score (nSPS) is 30.1.